The van der Waals surface area contributed by atoms with Crippen LogP contribution in [-0.2, 0) is 4.74 Å². The molecule has 1 amide bonds. The van der Waals surface area contributed by atoms with Crippen molar-refractivity contribution in [1.82, 2.24) is 15.1 Å². The molecule has 1 N–H and O–H groups in total. The summed E-state index contributed by atoms with van der Waals surface area (Å²) in [5.41, 5.74) is -0.0785. The van der Waals surface area contributed by atoms with E-state index in [9.17, 15) is 9.59 Å². The molecule has 0 unspecified atom stereocenters. The molecule has 0 aliphatic rings. The third-order valence-corrected chi connectivity index (χ3v) is 2.34. The van der Waals surface area contributed by atoms with Gasteiger partial charge in [-0.25, -0.2) is 5.10 Å². The van der Waals surface area contributed by atoms with E-state index < -0.39 is 0 Å². The highest BCUT2D eigenvalue weighted by atomic mass is 16.5. The Hall–Kier alpha value is -1.69. The summed E-state index contributed by atoms with van der Waals surface area (Å²) < 4.78 is 4.99. The number of amides is 1. The van der Waals surface area contributed by atoms with E-state index in [-0.39, 0.29) is 17.2 Å². The summed E-state index contributed by atoms with van der Waals surface area (Å²) in [6, 6.07) is 2.73. The maximum atomic E-state index is 12.2. The van der Waals surface area contributed by atoms with E-state index in [4.69, 9.17) is 4.74 Å². The van der Waals surface area contributed by atoms with E-state index in [0.717, 1.165) is 0 Å². The Morgan fingerprint density at radius 3 is 2.72 bits per heavy atom. The number of nitrogens with zero attached hydrogens (tertiary/aromatic N) is 2. The molecule has 0 aliphatic heterocycles. The predicted molar refractivity (Wildman–Crippen MR) is 67.5 cm³/mol. The second-order valence-electron chi connectivity index (χ2n) is 4.44. The average molecular weight is 253 g/mol. The Kier molecular flexibility index (Phi) is 5.51. The summed E-state index contributed by atoms with van der Waals surface area (Å²) in [5, 5.41) is 6.01. The van der Waals surface area contributed by atoms with E-state index >= 15 is 0 Å². The quantitative estimate of drug-likeness (QED) is 0.801. The maximum absolute atomic E-state index is 12.2. The van der Waals surface area contributed by atoms with E-state index in [1.165, 1.54) is 12.1 Å². The van der Waals surface area contributed by atoms with Gasteiger partial charge in [0, 0.05) is 26.3 Å². The largest absolute Gasteiger partial charge is 0.383 e. The predicted octanol–water partition coefficient (Wildman–Crippen LogP) is 0.515. The van der Waals surface area contributed by atoms with Crippen LogP contribution in [0.2, 0.25) is 0 Å². The molecule has 18 heavy (non-hydrogen) atoms. The number of carbonyl (C=O) groups is 1. The zero-order valence-electron chi connectivity index (χ0n) is 11.0. The summed E-state index contributed by atoms with van der Waals surface area (Å²) in [6.45, 7) is 5.68. The SMILES string of the molecule is COCCN(CC(C)C)C(=O)c1ccc(=O)[nH]n1. The fraction of sp³-hybridized carbons (Fsp3) is 0.583. The summed E-state index contributed by atoms with van der Waals surface area (Å²) >= 11 is 0. The Balaban J connectivity index is 2.80. The van der Waals surface area contributed by atoms with Crippen LogP contribution >= 0.6 is 0 Å². The molecule has 0 aromatic carbocycles. The van der Waals surface area contributed by atoms with Crippen LogP contribution in [0, 0.1) is 5.92 Å². The van der Waals surface area contributed by atoms with Gasteiger partial charge in [-0.2, -0.15) is 5.10 Å². The van der Waals surface area contributed by atoms with Gasteiger partial charge in [-0.1, -0.05) is 13.8 Å². The van der Waals surface area contributed by atoms with E-state index in [1.54, 1.807) is 12.0 Å². The van der Waals surface area contributed by atoms with Crippen molar-refractivity contribution < 1.29 is 9.53 Å². The van der Waals surface area contributed by atoms with Gasteiger partial charge >= 0.3 is 0 Å². The highest BCUT2D eigenvalue weighted by Crippen LogP contribution is 2.04. The molecule has 0 fully saturated rings. The third-order valence-electron chi connectivity index (χ3n) is 2.34. The van der Waals surface area contributed by atoms with Crippen molar-refractivity contribution in [3.8, 4) is 0 Å². The molecule has 100 valence electrons. The Morgan fingerprint density at radius 2 is 2.22 bits per heavy atom. The van der Waals surface area contributed by atoms with Crippen LogP contribution in [0.3, 0.4) is 0 Å². The summed E-state index contributed by atoms with van der Waals surface area (Å²) in [5.74, 6) is 0.158. The topological polar surface area (TPSA) is 75.3 Å². The van der Waals surface area contributed by atoms with Crippen LogP contribution in [0.25, 0.3) is 0 Å². The molecule has 0 saturated heterocycles. The van der Waals surface area contributed by atoms with E-state index in [2.05, 4.69) is 10.2 Å². The van der Waals surface area contributed by atoms with Crippen molar-refractivity contribution in [2.24, 2.45) is 5.92 Å². The minimum absolute atomic E-state index is 0.197. The van der Waals surface area contributed by atoms with Crippen molar-refractivity contribution in [2.75, 3.05) is 26.8 Å². The standard InChI is InChI=1S/C12H19N3O3/c1-9(2)8-15(6-7-18-3)12(17)10-4-5-11(16)14-13-10/h4-5,9H,6-8H2,1-3H3,(H,14,16). The van der Waals surface area contributed by atoms with Crippen molar-refractivity contribution >= 4 is 5.91 Å². The fourth-order valence-electron chi connectivity index (χ4n) is 1.54. The fourth-order valence-corrected chi connectivity index (χ4v) is 1.54. The lowest BCUT2D eigenvalue weighted by Gasteiger charge is -2.23. The second kappa shape index (κ2) is 6.90. The maximum Gasteiger partial charge on any atom is 0.274 e. The second-order valence-corrected chi connectivity index (χ2v) is 4.44. The van der Waals surface area contributed by atoms with Crippen LogP contribution in [0.4, 0.5) is 0 Å². The number of hydrogen-bond donors (Lipinski definition) is 1. The lowest BCUT2D eigenvalue weighted by atomic mass is 10.2. The Morgan fingerprint density at radius 1 is 1.50 bits per heavy atom. The van der Waals surface area contributed by atoms with E-state index in [1.807, 2.05) is 13.8 Å². The van der Waals surface area contributed by atoms with Crippen molar-refractivity contribution in [3.05, 3.63) is 28.2 Å². The molecule has 1 rings (SSSR count). The van der Waals surface area contributed by atoms with Crippen LogP contribution in [-0.4, -0.2) is 47.8 Å². The number of aromatic nitrogens is 2. The number of rotatable bonds is 6. The molecule has 0 bridgehead atoms. The minimum Gasteiger partial charge on any atom is -0.383 e. The van der Waals surface area contributed by atoms with Gasteiger partial charge in [0.1, 0.15) is 5.69 Å². The van der Waals surface area contributed by atoms with Crippen molar-refractivity contribution in [1.29, 1.82) is 0 Å². The highest BCUT2D eigenvalue weighted by molar-refractivity contribution is 5.92. The normalized spacial score (nSPS) is 10.7. The number of ether oxygens (including phenoxy) is 1. The van der Waals surface area contributed by atoms with Gasteiger partial charge in [0.05, 0.1) is 6.61 Å². The lowest BCUT2D eigenvalue weighted by Crippen LogP contribution is -2.37. The smallest absolute Gasteiger partial charge is 0.274 e. The first-order valence-corrected chi connectivity index (χ1v) is 5.88. The molecule has 0 spiro atoms. The lowest BCUT2D eigenvalue weighted by molar-refractivity contribution is 0.0665. The first-order valence-electron chi connectivity index (χ1n) is 5.88. The zero-order valence-corrected chi connectivity index (χ0v) is 11.0. The molecule has 6 heteroatoms. The molecular formula is C12H19N3O3. The van der Waals surface area contributed by atoms with Gasteiger partial charge in [-0.05, 0) is 12.0 Å². The molecule has 1 heterocycles. The number of methoxy groups -OCH3 is 1. The highest BCUT2D eigenvalue weighted by Gasteiger charge is 2.17. The molecule has 0 radical (unpaired) electrons. The van der Waals surface area contributed by atoms with Crippen LogP contribution in [0.15, 0.2) is 16.9 Å². The summed E-state index contributed by atoms with van der Waals surface area (Å²) in [7, 11) is 1.59. The average Bonchev–Trinajstić information content (AvgIpc) is 2.34. The third kappa shape index (κ3) is 4.29. The molecule has 1 aromatic heterocycles. The summed E-state index contributed by atoms with van der Waals surface area (Å²) in [6.07, 6.45) is 0. The van der Waals surface area contributed by atoms with Gasteiger partial charge in [0.15, 0.2) is 0 Å². The van der Waals surface area contributed by atoms with Crippen LogP contribution < -0.4 is 5.56 Å². The number of hydrogen-bond acceptors (Lipinski definition) is 4. The van der Waals surface area contributed by atoms with E-state index in [0.29, 0.717) is 25.6 Å². The first-order chi connectivity index (χ1) is 8.54. The Labute approximate surface area is 106 Å². The van der Waals surface area contributed by atoms with Crippen LogP contribution in [0.5, 0.6) is 0 Å². The van der Waals surface area contributed by atoms with Gasteiger partial charge in [-0.15, -0.1) is 0 Å². The van der Waals surface area contributed by atoms with Gasteiger partial charge in [0.2, 0.25) is 0 Å². The van der Waals surface area contributed by atoms with Crippen molar-refractivity contribution in [2.45, 2.75) is 13.8 Å². The zero-order chi connectivity index (χ0) is 13.5. The molecule has 0 atom stereocenters. The number of aromatic amines is 1. The minimum atomic E-state index is -0.321. The Bertz CT molecular complexity index is 422. The number of H-pyrrole nitrogens is 1. The first kappa shape index (κ1) is 14.4. The van der Waals surface area contributed by atoms with Crippen molar-refractivity contribution in [3.63, 3.8) is 0 Å². The summed E-state index contributed by atoms with van der Waals surface area (Å²) in [4.78, 5) is 24.8. The number of carbonyl (C=O) groups excluding carboxylic acids is 1. The number of nitrogens with one attached hydrogen (secondary N) is 1. The molecule has 0 saturated carbocycles. The molecule has 1 aromatic rings. The molecule has 0 aliphatic carbocycles. The van der Waals surface area contributed by atoms with Gasteiger partial charge in [0.25, 0.3) is 11.5 Å². The molecular weight excluding hydrogens is 234 g/mol. The van der Waals surface area contributed by atoms with Crippen LogP contribution in [0.1, 0.15) is 24.3 Å². The molecule has 6 nitrogen and oxygen atoms in total. The monoisotopic (exact) mass is 253 g/mol. The van der Waals surface area contributed by atoms with Gasteiger partial charge < -0.3 is 9.64 Å². The van der Waals surface area contributed by atoms with Gasteiger partial charge in [-0.3, -0.25) is 9.59 Å².